The monoisotopic (exact) mass is 457 g/mol. The van der Waals surface area contributed by atoms with E-state index in [1.165, 1.54) is 18.4 Å². The molecule has 2 aromatic carbocycles. The average Bonchev–Trinajstić information content (AvgIpc) is 2.73. The van der Waals surface area contributed by atoms with Crippen molar-refractivity contribution in [2.75, 3.05) is 29.9 Å². The van der Waals surface area contributed by atoms with Gasteiger partial charge in [-0.25, -0.2) is 13.6 Å². The van der Waals surface area contributed by atoms with Crippen molar-refractivity contribution in [3.8, 4) is 28.4 Å². The van der Waals surface area contributed by atoms with Gasteiger partial charge >= 0.3 is 0 Å². The van der Waals surface area contributed by atoms with Crippen molar-refractivity contribution in [2.24, 2.45) is 0 Å². The smallest absolute Gasteiger partial charge is 0.166 e. The summed E-state index contributed by atoms with van der Waals surface area (Å²) in [6.45, 7) is 2.28. The van der Waals surface area contributed by atoms with Crippen LogP contribution in [-0.2, 0) is 9.71 Å². The van der Waals surface area contributed by atoms with Gasteiger partial charge in [-0.1, -0.05) is 0 Å². The van der Waals surface area contributed by atoms with E-state index < -0.39 is 21.6 Å². The molecule has 2 bridgehead atoms. The molecule has 0 radical (unpaired) electrons. The Balaban J connectivity index is 1.81. The molecule has 1 aromatic heterocycles. The summed E-state index contributed by atoms with van der Waals surface area (Å²) in [5, 5.41) is 0. The zero-order valence-corrected chi connectivity index (χ0v) is 18.6. The predicted molar refractivity (Wildman–Crippen MR) is 125 cm³/mol. The van der Waals surface area contributed by atoms with E-state index in [-0.39, 0.29) is 19.0 Å². The van der Waals surface area contributed by atoms with E-state index in [0.29, 0.717) is 39.6 Å². The number of nitrogen functional groups attached to an aromatic ring is 1. The lowest BCUT2D eigenvalue weighted by molar-refractivity contribution is 0.198. The molecule has 0 saturated heterocycles. The van der Waals surface area contributed by atoms with E-state index in [2.05, 4.69) is 15.6 Å². The molecule has 3 N–H and O–H groups in total. The Bertz CT molecular complexity index is 1260. The molecule has 1 aliphatic heterocycles. The van der Waals surface area contributed by atoms with Crippen LogP contribution in [0.1, 0.15) is 18.6 Å². The standard InChI is InChI=1S/C23H24FN3O4S/c1-14-18-11-16(24)4-6-20(18)29-8-9-30-21-7-5-17(27-32(2,3)28)12-19(21)15-10-22(31-14)23(25)26-13-15/h4-7,10-14H,2,8-9H2,1,3H3,(H2,25,26)(H,27,28). The molecule has 2 atom stereocenters. The fourth-order valence-electron chi connectivity index (χ4n) is 3.42. The summed E-state index contributed by atoms with van der Waals surface area (Å²) in [6.07, 6.45) is 2.57. The van der Waals surface area contributed by atoms with E-state index in [1.807, 2.05) is 0 Å². The van der Waals surface area contributed by atoms with Crippen molar-refractivity contribution in [3.05, 3.63) is 60.0 Å². The number of anilines is 2. The number of fused-ring (bicyclic) bond motifs is 5. The maximum absolute atomic E-state index is 13.9. The van der Waals surface area contributed by atoms with Crippen LogP contribution < -0.4 is 24.7 Å². The molecule has 168 valence electrons. The molecule has 2 heterocycles. The van der Waals surface area contributed by atoms with Crippen LogP contribution >= 0.6 is 0 Å². The highest BCUT2D eigenvalue weighted by atomic mass is 32.2. The van der Waals surface area contributed by atoms with E-state index in [1.54, 1.807) is 43.5 Å². The third-order valence-electron chi connectivity index (χ3n) is 4.82. The van der Waals surface area contributed by atoms with Gasteiger partial charge in [-0.05, 0) is 55.3 Å². The number of aromatic nitrogens is 1. The van der Waals surface area contributed by atoms with Crippen molar-refractivity contribution in [2.45, 2.75) is 13.0 Å². The Kier molecular flexibility index (Phi) is 5.84. The molecular formula is C23H24FN3O4S. The quantitative estimate of drug-likeness (QED) is 0.564. The highest BCUT2D eigenvalue weighted by molar-refractivity contribution is 8.00. The third-order valence-corrected chi connectivity index (χ3v) is 5.49. The van der Waals surface area contributed by atoms with Gasteiger partial charge in [0.2, 0.25) is 0 Å². The largest absolute Gasteiger partial charge is 0.490 e. The summed E-state index contributed by atoms with van der Waals surface area (Å²) < 4.78 is 46.8. The fourth-order valence-corrected chi connectivity index (χ4v) is 4.04. The Hall–Kier alpha value is -3.46. The molecule has 0 aliphatic carbocycles. The van der Waals surface area contributed by atoms with Gasteiger partial charge in [0.05, 0.1) is 0 Å². The zero-order chi connectivity index (χ0) is 22.9. The number of pyridine rings is 1. The molecule has 0 saturated carbocycles. The number of hydrogen-bond acceptors (Lipinski definition) is 6. The van der Waals surface area contributed by atoms with Gasteiger partial charge in [0, 0.05) is 44.5 Å². The van der Waals surface area contributed by atoms with Gasteiger partial charge in [-0.2, -0.15) is 0 Å². The van der Waals surface area contributed by atoms with Crippen molar-refractivity contribution in [1.29, 1.82) is 0 Å². The fraction of sp³-hybridized carbons (Fsp3) is 0.217. The normalized spacial score (nSPS) is 17.4. The minimum atomic E-state index is -2.47. The highest BCUT2D eigenvalue weighted by Gasteiger charge is 2.19. The Labute approximate surface area is 186 Å². The van der Waals surface area contributed by atoms with E-state index in [0.717, 1.165) is 0 Å². The van der Waals surface area contributed by atoms with Crippen molar-refractivity contribution < 1.29 is 22.8 Å². The van der Waals surface area contributed by atoms with Crippen molar-refractivity contribution >= 4 is 27.1 Å². The second-order valence-electron chi connectivity index (χ2n) is 7.56. The molecule has 0 spiro atoms. The van der Waals surface area contributed by atoms with Crippen LogP contribution in [0, 0.1) is 5.82 Å². The Morgan fingerprint density at radius 3 is 2.59 bits per heavy atom. The topological polar surface area (TPSA) is 95.7 Å². The molecule has 4 rings (SSSR count). The number of nitrogens with zero attached hydrogens (tertiary/aromatic N) is 1. The van der Waals surface area contributed by atoms with Crippen LogP contribution in [-0.4, -0.2) is 34.5 Å². The first-order valence-electron chi connectivity index (χ1n) is 9.91. The molecule has 0 fully saturated rings. The minimum absolute atomic E-state index is 0.195. The number of hydrogen-bond donors (Lipinski definition) is 2. The summed E-state index contributed by atoms with van der Waals surface area (Å²) >= 11 is 0. The summed E-state index contributed by atoms with van der Waals surface area (Å²) in [5.74, 6) is 4.85. The molecule has 1 aliphatic rings. The van der Waals surface area contributed by atoms with Crippen LogP contribution in [0.25, 0.3) is 11.1 Å². The average molecular weight is 458 g/mol. The number of benzene rings is 2. The van der Waals surface area contributed by atoms with E-state index in [9.17, 15) is 8.60 Å². The van der Waals surface area contributed by atoms with Gasteiger partial charge in [0.25, 0.3) is 0 Å². The number of rotatable bonds is 2. The lowest BCUT2D eigenvalue weighted by Crippen LogP contribution is -2.12. The number of halogens is 1. The summed E-state index contributed by atoms with van der Waals surface area (Å²) in [6, 6.07) is 11.3. The second kappa shape index (κ2) is 8.58. The number of nitrogens with two attached hydrogens (primary N) is 1. The first kappa shape index (κ1) is 21.8. The van der Waals surface area contributed by atoms with Crippen LogP contribution in [0.15, 0.2) is 48.7 Å². The molecule has 9 heteroatoms. The van der Waals surface area contributed by atoms with Gasteiger partial charge < -0.3 is 24.7 Å². The maximum Gasteiger partial charge on any atom is 0.166 e. The summed E-state index contributed by atoms with van der Waals surface area (Å²) in [7, 11) is -2.47. The third kappa shape index (κ3) is 4.88. The molecule has 7 nitrogen and oxygen atoms in total. The molecule has 2 unspecified atom stereocenters. The zero-order valence-electron chi connectivity index (χ0n) is 17.8. The molecule has 32 heavy (non-hydrogen) atoms. The molecule has 3 aromatic rings. The van der Waals surface area contributed by atoms with Crippen molar-refractivity contribution in [3.63, 3.8) is 0 Å². The number of nitrogens with one attached hydrogen (secondary N) is 1. The van der Waals surface area contributed by atoms with E-state index >= 15 is 0 Å². The van der Waals surface area contributed by atoms with Gasteiger partial charge in [-0.3, -0.25) is 0 Å². The minimum Gasteiger partial charge on any atom is -0.490 e. The molecule has 0 amide bonds. The van der Waals surface area contributed by atoms with Crippen LogP contribution in [0.3, 0.4) is 0 Å². The Morgan fingerprint density at radius 2 is 1.84 bits per heavy atom. The van der Waals surface area contributed by atoms with Crippen LogP contribution in [0.5, 0.6) is 17.2 Å². The highest BCUT2D eigenvalue weighted by Crippen LogP contribution is 2.38. The lowest BCUT2D eigenvalue weighted by Gasteiger charge is -2.19. The van der Waals surface area contributed by atoms with E-state index in [4.69, 9.17) is 19.9 Å². The van der Waals surface area contributed by atoms with Gasteiger partial charge in [0.15, 0.2) is 11.6 Å². The SMILES string of the molecule is C=S(C)(=O)Nc1ccc2c(c1)-c1cnc(N)c(c1)OC(C)c1cc(F)ccc1OCCO2. The maximum atomic E-state index is 13.9. The molecular weight excluding hydrogens is 433 g/mol. The summed E-state index contributed by atoms with van der Waals surface area (Å²) in [4.78, 5) is 4.27. The van der Waals surface area contributed by atoms with Gasteiger partial charge in [-0.15, -0.1) is 0 Å². The van der Waals surface area contributed by atoms with Crippen LogP contribution in [0.4, 0.5) is 15.9 Å². The lowest BCUT2D eigenvalue weighted by atomic mass is 10.1. The second-order valence-corrected chi connectivity index (χ2v) is 9.78. The number of ether oxygens (including phenoxy) is 3. The predicted octanol–water partition coefficient (Wildman–Crippen LogP) is 4.05. The Morgan fingerprint density at radius 1 is 1.12 bits per heavy atom. The van der Waals surface area contributed by atoms with Crippen LogP contribution in [0.2, 0.25) is 0 Å². The van der Waals surface area contributed by atoms with Gasteiger partial charge in [0.1, 0.15) is 36.6 Å². The summed E-state index contributed by atoms with van der Waals surface area (Å²) in [5.41, 5.74) is 8.61. The van der Waals surface area contributed by atoms with Crippen molar-refractivity contribution in [1.82, 2.24) is 4.98 Å². The first-order valence-corrected chi connectivity index (χ1v) is 12.0. The first-order chi connectivity index (χ1) is 15.2.